The fraction of sp³-hybridized carbons (Fsp3) is 0. The first-order chi connectivity index (χ1) is 6.77. The fourth-order valence-electron chi connectivity index (χ4n) is 0.976. The van der Waals surface area contributed by atoms with Crippen LogP contribution in [0.4, 0.5) is 0 Å². The highest BCUT2D eigenvalue weighted by Crippen LogP contribution is 2.12. The lowest BCUT2D eigenvalue weighted by molar-refractivity contribution is 0.0995. The average Bonchev–Trinajstić information content (AvgIpc) is 2.71. The van der Waals surface area contributed by atoms with Gasteiger partial charge in [0.15, 0.2) is 0 Å². The van der Waals surface area contributed by atoms with Gasteiger partial charge in [0.25, 0.3) is 11.8 Å². The maximum atomic E-state index is 10.8. The van der Waals surface area contributed by atoms with Crippen LogP contribution in [0.1, 0.15) is 10.5 Å². The third-order valence-electron chi connectivity index (χ3n) is 1.58. The van der Waals surface area contributed by atoms with Gasteiger partial charge in [-0.2, -0.15) is 0 Å². The van der Waals surface area contributed by atoms with E-state index in [0.717, 1.165) is 0 Å². The van der Waals surface area contributed by atoms with Gasteiger partial charge in [-0.3, -0.25) is 4.79 Å². The summed E-state index contributed by atoms with van der Waals surface area (Å²) in [6.07, 6.45) is 1.19. The summed E-state index contributed by atoms with van der Waals surface area (Å²) in [5, 5.41) is 7.16. The van der Waals surface area contributed by atoms with E-state index < -0.39 is 5.91 Å². The summed E-state index contributed by atoms with van der Waals surface area (Å²) < 4.78 is 4.92. The maximum Gasteiger partial charge on any atom is 0.267 e. The molecule has 0 fully saturated rings. The van der Waals surface area contributed by atoms with Gasteiger partial charge in [-0.25, -0.2) is 4.98 Å². The molecule has 0 saturated carbocycles. The third-order valence-corrected chi connectivity index (χ3v) is 1.58. The standard InChI is InChI=1S/C8H6N4O2/c9-7(13)5-2-1-3-6(11-5)8-12-10-4-14-8/h1-4H,(H2,9,13). The normalized spacial score (nSPS) is 10.0. The second-order valence-electron chi connectivity index (χ2n) is 2.52. The van der Waals surface area contributed by atoms with Crippen LogP contribution in [0, 0.1) is 0 Å². The molecule has 2 N–H and O–H groups in total. The average molecular weight is 190 g/mol. The molecule has 2 aromatic heterocycles. The number of hydrogen-bond acceptors (Lipinski definition) is 5. The molecule has 0 aliphatic heterocycles. The predicted molar refractivity (Wildman–Crippen MR) is 46.0 cm³/mol. The number of hydrogen-bond donors (Lipinski definition) is 1. The van der Waals surface area contributed by atoms with Crippen molar-refractivity contribution in [1.82, 2.24) is 15.2 Å². The van der Waals surface area contributed by atoms with Crippen molar-refractivity contribution in [1.29, 1.82) is 0 Å². The molecule has 0 aliphatic carbocycles. The van der Waals surface area contributed by atoms with Crippen LogP contribution in [0.2, 0.25) is 0 Å². The molecule has 2 heterocycles. The molecule has 6 nitrogen and oxygen atoms in total. The number of amides is 1. The van der Waals surface area contributed by atoms with Crippen molar-refractivity contribution >= 4 is 5.91 Å². The first-order valence-corrected chi connectivity index (χ1v) is 3.81. The summed E-state index contributed by atoms with van der Waals surface area (Å²) in [4.78, 5) is 14.8. The number of carbonyl (C=O) groups excluding carboxylic acids is 1. The largest absolute Gasteiger partial charge is 0.422 e. The molecule has 0 aliphatic rings. The lowest BCUT2D eigenvalue weighted by atomic mass is 10.3. The van der Waals surface area contributed by atoms with Crippen molar-refractivity contribution in [3.63, 3.8) is 0 Å². The molecule has 14 heavy (non-hydrogen) atoms. The molecular formula is C8H6N4O2. The molecule has 0 aromatic carbocycles. The Morgan fingerprint density at radius 1 is 1.43 bits per heavy atom. The Balaban J connectivity index is 2.46. The number of rotatable bonds is 2. The van der Waals surface area contributed by atoms with Crippen LogP contribution in [0.5, 0.6) is 0 Å². The van der Waals surface area contributed by atoms with E-state index in [0.29, 0.717) is 5.69 Å². The molecule has 2 rings (SSSR count). The van der Waals surface area contributed by atoms with E-state index in [9.17, 15) is 4.79 Å². The monoisotopic (exact) mass is 190 g/mol. The van der Waals surface area contributed by atoms with E-state index in [-0.39, 0.29) is 11.6 Å². The minimum absolute atomic E-state index is 0.167. The molecule has 70 valence electrons. The lowest BCUT2D eigenvalue weighted by Gasteiger charge is -1.96. The second kappa shape index (κ2) is 3.25. The molecule has 0 bridgehead atoms. The fourth-order valence-corrected chi connectivity index (χ4v) is 0.976. The van der Waals surface area contributed by atoms with Crippen molar-refractivity contribution in [3.05, 3.63) is 30.3 Å². The Kier molecular flexibility index (Phi) is 1.94. The highest BCUT2D eigenvalue weighted by molar-refractivity contribution is 5.91. The van der Waals surface area contributed by atoms with Gasteiger partial charge >= 0.3 is 0 Å². The maximum absolute atomic E-state index is 10.8. The molecule has 0 atom stereocenters. The summed E-state index contributed by atoms with van der Waals surface area (Å²) in [6.45, 7) is 0. The van der Waals surface area contributed by atoms with Gasteiger partial charge in [0.2, 0.25) is 6.39 Å². The smallest absolute Gasteiger partial charge is 0.267 e. The molecule has 0 saturated heterocycles. The summed E-state index contributed by atoms with van der Waals surface area (Å²) in [5.74, 6) is -0.334. The van der Waals surface area contributed by atoms with Gasteiger partial charge in [-0.1, -0.05) is 6.07 Å². The van der Waals surface area contributed by atoms with Crippen LogP contribution in [0.15, 0.2) is 29.0 Å². The zero-order chi connectivity index (χ0) is 9.97. The molecule has 6 heteroatoms. The first kappa shape index (κ1) is 8.36. The second-order valence-corrected chi connectivity index (χ2v) is 2.52. The van der Waals surface area contributed by atoms with E-state index in [1.807, 2.05) is 0 Å². The van der Waals surface area contributed by atoms with E-state index in [2.05, 4.69) is 15.2 Å². The van der Waals surface area contributed by atoms with Crippen LogP contribution < -0.4 is 5.73 Å². The van der Waals surface area contributed by atoms with Gasteiger partial charge in [0.05, 0.1) is 0 Å². The van der Waals surface area contributed by atoms with Crippen LogP contribution in [-0.2, 0) is 0 Å². The van der Waals surface area contributed by atoms with Crippen LogP contribution >= 0.6 is 0 Å². The highest BCUT2D eigenvalue weighted by Gasteiger charge is 2.08. The lowest BCUT2D eigenvalue weighted by Crippen LogP contribution is -2.13. The van der Waals surface area contributed by atoms with Gasteiger partial charge in [-0.05, 0) is 12.1 Å². The van der Waals surface area contributed by atoms with Crippen molar-refractivity contribution in [2.75, 3.05) is 0 Å². The summed E-state index contributed by atoms with van der Waals surface area (Å²) in [5.41, 5.74) is 5.66. The number of nitrogens with two attached hydrogens (primary N) is 1. The third kappa shape index (κ3) is 1.45. The van der Waals surface area contributed by atoms with Gasteiger partial charge < -0.3 is 10.2 Å². The predicted octanol–water partition coefficient (Wildman–Crippen LogP) is 0.231. The van der Waals surface area contributed by atoms with E-state index in [4.69, 9.17) is 10.2 Å². The number of aromatic nitrogens is 3. The Morgan fingerprint density at radius 3 is 2.93 bits per heavy atom. The topological polar surface area (TPSA) is 94.9 Å². The summed E-state index contributed by atoms with van der Waals surface area (Å²) >= 11 is 0. The number of pyridine rings is 1. The van der Waals surface area contributed by atoms with E-state index in [1.54, 1.807) is 12.1 Å². The quantitative estimate of drug-likeness (QED) is 0.731. The number of primary amides is 1. The zero-order valence-electron chi connectivity index (χ0n) is 7.04. The van der Waals surface area contributed by atoms with Crippen molar-refractivity contribution in [3.8, 4) is 11.6 Å². The SMILES string of the molecule is NC(=O)c1cccc(-c2nnco2)n1. The van der Waals surface area contributed by atoms with Crippen LogP contribution in [-0.4, -0.2) is 21.1 Å². The first-order valence-electron chi connectivity index (χ1n) is 3.81. The minimum Gasteiger partial charge on any atom is -0.422 e. The number of nitrogens with zero attached hydrogens (tertiary/aromatic N) is 3. The summed E-state index contributed by atoms with van der Waals surface area (Å²) in [7, 11) is 0. The van der Waals surface area contributed by atoms with Crippen molar-refractivity contribution < 1.29 is 9.21 Å². The van der Waals surface area contributed by atoms with Gasteiger partial charge in [-0.15, -0.1) is 10.2 Å². The molecule has 0 unspecified atom stereocenters. The highest BCUT2D eigenvalue weighted by atomic mass is 16.4. The molecule has 2 aromatic rings. The Morgan fingerprint density at radius 2 is 2.29 bits per heavy atom. The van der Waals surface area contributed by atoms with Crippen LogP contribution in [0.25, 0.3) is 11.6 Å². The molecule has 0 radical (unpaired) electrons. The van der Waals surface area contributed by atoms with Gasteiger partial charge in [0, 0.05) is 0 Å². The van der Waals surface area contributed by atoms with Crippen LogP contribution in [0.3, 0.4) is 0 Å². The zero-order valence-corrected chi connectivity index (χ0v) is 7.04. The van der Waals surface area contributed by atoms with Crippen molar-refractivity contribution in [2.24, 2.45) is 5.73 Å². The van der Waals surface area contributed by atoms with Gasteiger partial charge in [0.1, 0.15) is 11.4 Å². The summed E-state index contributed by atoms with van der Waals surface area (Å²) in [6, 6.07) is 4.81. The number of carbonyl (C=O) groups is 1. The Labute approximate surface area is 78.8 Å². The Hall–Kier alpha value is -2.24. The molecular weight excluding hydrogens is 184 g/mol. The van der Waals surface area contributed by atoms with E-state index in [1.165, 1.54) is 12.5 Å². The van der Waals surface area contributed by atoms with E-state index >= 15 is 0 Å². The Bertz CT molecular complexity index is 452. The molecule has 0 spiro atoms. The van der Waals surface area contributed by atoms with Crippen molar-refractivity contribution in [2.45, 2.75) is 0 Å². The minimum atomic E-state index is -0.591. The molecule has 1 amide bonds.